The van der Waals surface area contributed by atoms with Crippen LogP contribution < -0.4 is 5.73 Å². The zero-order chi connectivity index (χ0) is 11.6. The van der Waals surface area contributed by atoms with Gasteiger partial charge >= 0.3 is 0 Å². The lowest BCUT2D eigenvalue weighted by atomic mass is 9.97. The third kappa shape index (κ3) is 3.20. The largest absolute Gasteiger partial charge is 0.506 e. The highest BCUT2D eigenvalue weighted by molar-refractivity contribution is 9.11. The van der Waals surface area contributed by atoms with Gasteiger partial charge in [-0.1, -0.05) is 29.8 Å². The molecular formula is C11H15Br2NO. The van der Waals surface area contributed by atoms with E-state index in [4.69, 9.17) is 5.73 Å². The molecule has 0 saturated heterocycles. The number of phenolic OH excluding ortho intramolecular Hbond substituents is 1. The van der Waals surface area contributed by atoms with Crippen molar-refractivity contribution in [1.82, 2.24) is 0 Å². The lowest BCUT2D eigenvalue weighted by Crippen LogP contribution is -2.13. The van der Waals surface area contributed by atoms with Crippen LogP contribution in [0.1, 0.15) is 31.9 Å². The molecule has 0 aliphatic rings. The summed E-state index contributed by atoms with van der Waals surface area (Å²) in [4.78, 5) is 0. The number of hydrogen-bond acceptors (Lipinski definition) is 2. The molecule has 4 heteroatoms. The van der Waals surface area contributed by atoms with Crippen LogP contribution in [-0.2, 0) is 0 Å². The highest BCUT2D eigenvalue weighted by Gasteiger charge is 2.17. The summed E-state index contributed by atoms with van der Waals surface area (Å²) in [5, 5.41) is 9.90. The normalized spacial score (nSPS) is 13.2. The fraction of sp³-hybridized carbons (Fsp3) is 0.455. The van der Waals surface area contributed by atoms with Crippen LogP contribution in [-0.4, -0.2) is 5.11 Å². The molecule has 1 aromatic carbocycles. The Balaban J connectivity index is 3.07. The molecule has 0 amide bonds. The standard InChI is InChI=1S/C11H15Br2NO/c1-6(2)5-9(14)10-7(12)3-4-8(13)11(10)15/h3-4,6,9,15H,5,14H2,1-2H3/t9-/m0/s1. The van der Waals surface area contributed by atoms with E-state index < -0.39 is 0 Å². The van der Waals surface area contributed by atoms with Gasteiger partial charge in [-0.05, 0) is 40.4 Å². The molecule has 1 atom stereocenters. The van der Waals surface area contributed by atoms with Crippen LogP contribution in [0.4, 0.5) is 0 Å². The van der Waals surface area contributed by atoms with Crippen LogP contribution in [0.15, 0.2) is 21.1 Å². The van der Waals surface area contributed by atoms with Crippen molar-refractivity contribution >= 4 is 31.9 Å². The lowest BCUT2D eigenvalue weighted by Gasteiger charge is -2.18. The van der Waals surface area contributed by atoms with Crippen molar-refractivity contribution in [3.63, 3.8) is 0 Å². The highest BCUT2D eigenvalue weighted by atomic mass is 79.9. The summed E-state index contributed by atoms with van der Waals surface area (Å²) in [7, 11) is 0. The van der Waals surface area contributed by atoms with Gasteiger partial charge in [0.25, 0.3) is 0 Å². The molecule has 1 aromatic rings. The predicted octanol–water partition coefficient (Wildman–Crippen LogP) is 3.96. The van der Waals surface area contributed by atoms with E-state index in [1.807, 2.05) is 6.07 Å². The zero-order valence-corrected chi connectivity index (χ0v) is 12.0. The summed E-state index contributed by atoms with van der Waals surface area (Å²) in [5.74, 6) is 0.739. The average Bonchev–Trinajstić information content (AvgIpc) is 2.11. The van der Waals surface area contributed by atoms with E-state index >= 15 is 0 Å². The van der Waals surface area contributed by atoms with Gasteiger partial charge in [-0.2, -0.15) is 0 Å². The van der Waals surface area contributed by atoms with Gasteiger partial charge in [0.2, 0.25) is 0 Å². The number of nitrogens with two attached hydrogens (primary N) is 1. The monoisotopic (exact) mass is 335 g/mol. The van der Waals surface area contributed by atoms with E-state index in [1.54, 1.807) is 6.07 Å². The van der Waals surface area contributed by atoms with Crippen LogP contribution in [0, 0.1) is 5.92 Å². The molecule has 0 radical (unpaired) electrons. The van der Waals surface area contributed by atoms with Crippen molar-refractivity contribution in [2.45, 2.75) is 26.3 Å². The Morgan fingerprint density at radius 3 is 2.33 bits per heavy atom. The minimum atomic E-state index is -0.142. The zero-order valence-electron chi connectivity index (χ0n) is 8.80. The first-order valence-corrected chi connectivity index (χ1v) is 6.44. The van der Waals surface area contributed by atoms with Crippen LogP contribution in [0.5, 0.6) is 5.75 Å². The molecule has 0 saturated carbocycles. The summed E-state index contributed by atoms with van der Waals surface area (Å²) in [6.45, 7) is 4.23. The van der Waals surface area contributed by atoms with E-state index in [0.29, 0.717) is 10.4 Å². The number of rotatable bonds is 3. The molecular weight excluding hydrogens is 322 g/mol. The second-order valence-electron chi connectivity index (χ2n) is 4.03. The molecule has 84 valence electrons. The predicted molar refractivity (Wildman–Crippen MR) is 69.9 cm³/mol. The van der Waals surface area contributed by atoms with Crippen LogP contribution in [0.25, 0.3) is 0 Å². The Kier molecular flexibility index (Phi) is 4.62. The summed E-state index contributed by atoms with van der Waals surface area (Å²) in [6.07, 6.45) is 0.850. The number of hydrogen-bond donors (Lipinski definition) is 2. The van der Waals surface area contributed by atoms with Crippen LogP contribution in [0.3, 0.4) is 0 Å². The molecule has 0 aliphatic carbocycles. The molecule has 0 unspecified atom stereocenters. The molecule has 1 rings (SSSR count). The van der Waals surface area contributed by atoms with E-state index in [9.17, 15) is 5.11 Å². The maximum absolute atomic E-state index is 9.90. The molecule has 0 fully saturated rings. The van der Waals surface area contributed by atoms with E-state index in [1.165, 1.54) is 0 Å². The molecule has 0 aliphatic heterocycles. The van der Waals surface area contributed by atoms with Crippen molar-refractivity contribution in [1.29, 1.82) is 0 Å². The van der Waals surface area contributed by atoms with Crippen LogP contribution in [0.2, 0.25) is 0 Å². The van der Waals surface area contributed by atoms with Gasteiger partial charge in [0, 0.05) is 16.1 Å². The van der Waals surface area contributed by atoms with E-state index in [2.05, 4.69) is 45.7 Å². The molecule has 3 N–H and O–H groups in total. The Hall–Kier alpha value is -0.0600. The summed E-state index contributed by atoms with van der Waals surface area (Å²) >= 11 is 6.70. The number of aromatic hydroxyl groups is 1. The second kappa shape index (κ2) is 5.32. The number of benzene rings is 1. The Labute approximate surface area is 107 Å². The quantitative estimate of drug-likeness (QED) is 0.877. The highest BCUT2D eigenvalue weighted by Crippen LogP contribution is 2.38. The van der Waals surface area contributed by atoms with Gasteiger partial charge in [0.15, 0.2) is 0 Å². The maximum atomic E-state index is 9.90. The second-order valence-corrected chi connectivity index (χ2v) is 5.74. The Morgan fingerprint density at radius 2 is 1.80 bits per heavy atom. The Morgan fingerprint density at radius 1 is 1.27 bits per heavy atom. The first-order valence-electron chi connectivity index (χ1n) is 4.86. The smallest absolute Gasteiger partial charge is 0.135 e. The van der Waals surface area contributed by atoms with Gasteiger partial charge in [-0.15, -0.1) is 0 Å². The summed E-state index contributed by atoms with van der Waals surface area (Å²) in [5.41, 5.74) is 6.83. The summed E-state index contributed by atoms with van der Waals surface area (Å²) in [6, 6.07) is 3.54. The van der Waals surface area contributed by atoms with Gasteiger partial charge in [-0.25, -0.2) is 0 Å². The fourth-order valence-corrected chi connectivity index (χ4v) is 2.49. The number of halogens is 2. The van der Waals surface area contributed by atoms with E-state index in [0.717, 1.165) is 16.5 Å². The van der Waals surface area contributed by atoms with Crippen molar-refractivity contribution in [2.75, 3.05) is 0 Å². The lowest BCUT2D eigenvalue weighted by molar-refractivity contribution is 0.441. The van der Waals surface area contributed by atoms with Crippen molar-refractivity contribution in [3.05, 3.63) is 26.6 Å². The third-order valence-corrected chi connectivity index (χ3v) is 3.54. The van der Waals surface area contributed by atoms with Gasteiger partial charge in [-0.3, -0.25) is 0 Å². The topological polar surface area (TPSA) is 46.2 Å². The average molecular weight is 337 g/mol. The molecule has 2 nitrogen and oxygen atoms in total. The molecule has 15 heavy (non-hydrogen) atoms. The molecule has 0 heterocycles. The van der Waals surface area contributed by atoms with Crippen molar-refractivity contribution < 1.29 is 5.11 Å². The van der Waals surface area contributed by atoms with E-state index in [-0.39, 0.29) is 11.8 Å². The fourth-order valence-electron chi connectivity index (χ4n) is 1.54. The van der Waals surface area contributed by atoms with Gasteiger partial charge < -0.3 is 10.8 Å². The maximum Gasteiger partial charge on any atom is 0.135 e. The SMILES string of the molecule is CC(C)C[C@H](N)c1c(Br)ccc(Br)c1O. The van der Waals surface area contributed by atoms with Gasteiger partial charge in [0.1, 0.15) is 5.75 Å². The first kappa shape index (κ1) is 13.0. The van der Waals surface area contributed by atoms with Crippen molar-refractivity contribution in [3.8, 4) is 5.75 Å². The molecule has 0 bridgehead atoms. The summed E-state index contributed by atoms with van der Waals surface area (Å²) < 4.78 is 1.54. The first-order chi connectivity index (χ1) is 6.93. The van der Waals surface area contributed by atoms with Crippen LogP contribution >= 0.6 is 31.9 Å². The Bertz CT molecular complexity index is 353. The van der Waals surface area contributed by atoms with Crippen molar-refractivity contribution in [2.24, 2.45) is 11.7 Å². The molecule has 0 spiro atoms. The minimum absolute atomic E-state index is 0.142. The number of phenols is 1. The van der Waals surface area contributed by atoms with Gasteiger partial charge in [0.05, 0.1) is 4.47 Å². The third-order valence-electron chi connectivity index (χ3n) is 2.21. The molecule has 0 aromatic heterocycles. The minimum Gasteiger partial charge on any atom is -0.506 e.